The van der Waals surface area contributed by atoms with Crippen molar-refractivity contribution >= 4 is 7.75 Å². The predicted octanol–water partition coefficient (Wildman–Crippen LogP) is 3.90. The quantitative estimate of drug-likeness (QED) is 0.695. The lowest BCUT2D eigenvalue weighted by Gasteiger charge is -2.31. The summed E-state index contributed by atoms with van der Waals surface area (Å²) in [6.45, 7) is 6.30. The van der Waals surface area contributed by atoms with Crippen LogP contribution in [0.1, 0.15) is 29.2 Å². The topological polar surface area (TPSA) is 81.8 Å². The van der Waals surface area contributed by atoms with Crippen molar-refractivity contribution < 1.29 is 18.7 Å². The molecule has 0 amide bonds. The lowest BCUT2D eigenvalue weighted by molar-refractivity contribution is -0.0269. The van der Waals surface area contributed by atoms with Crippen molar-refractivity contribution in [2.45, 2.75) is 39.4 Å². The van der Waals surface area contributed by atoms with Crippen LogP contribution in [0.4, 0.5) is 0 Å². The minimum absolute atomic E-state index is 0.150. The minimum atomic E-state index is -4.14. The summed E-state index contributed by atoms with van der Waals surface area (Å²) >= 11 is 0. The highest BCUT2D eigenvalue weighted by Crippen LogP contribution is 2.39. The van der Waals surface area contributed by atoms with Crippen LogP contribution in [0.25, 0.3) is 0 Å². The molecule has 2 aromatic rings. The van der Waals surface area contributed by atoms with E-state index in [0.29, 0.717) is 13.0 Å². The Balaban J connectivity index is 2.11. The molecule has 6 heteroatoms. The molecule has 0 aliphatic heterocycles. The Kier molecular flexibility index (Phi) is 6.55. The maximum absolute atomic E-state index is 11.6. The van der Waals surface area contributed by atoms with E-state index < -0.39 is 13.3 Å². The number of rotatable bonds is 8. The SMILES string of the molecule is Cc1ccccc1COCC(C)(Cc1ccccc1C)OP(N)(=O)O. The first kappa shape index (κ1) is 19.8. The highest BCUT2D eigenvalue weighted by molar-refractivity contribution is 7.50. The third-order valence-corrected chi connectivity index (χ3v) is 4.81. The van der Waals surface area contributed by atoms with Gasteiger partial charge in [-0.05, 0) is 43.0 Å². The molecule has 0 heterocycles. The highest BCUT2D eigenvalue weighted by Gasteiger charge is 2.33. The summed E-state index contributed by atoms with van der Waals surface area (Å²) in [4.78, 5) is 9.52. The Labute approximate surface area is 149 Å². The van der Waals surface area contributed by atoms with E-state index in [-0.39, 0.29) is 6.61 Å². The van der Waals surface area contributed by atoms with Gasteiger partial charge in [0.25, 0.3) is 0 Å². The molecule has 3 N–H and O–H groups in total. The van der Waals surface area contributed by atoms with E-state index in [0.717, 1.165) is 22.3 Å². The van der Waals surface area contributed by atoms with Gasteiger partial charge in [0.2, 0.25) is 0 Å². The molecule has 0 bridgehead atoms. The molecule has 0 fully saturated rings. The van der Waals surface area contributed by atoms with E-state index in [9.17, 15) is 9.46 Å². The fourth-order valence-electron chi connectivity index (χ4n) is 2.79. The van der Waals surface area contributed by atoms with Gasteiger partial charge in [-0.2, -0.15) is 0 Å². The average Bonchev–Trinajstić information content (AvgIpc) is 2.50. The first-order valence-electron chi connectivity index (χ1n) is 8.17. The monoisotopic (exact) mass is 363 g/mol. The first-order chi connectivity index (χ1) is 11.7. The van der Waals surface area contributed by atoms with Gasteiger partial charge in [0, 0.05) is 6.42 Å². The highest BCUT2D eigenvalue weighted by atomic mass is 31.2. The van der Waals surface area contributed by atoms with Crippen LogP contribution in [0.5, 0.6) is 0 Å². The van der Waals surface area contributed by atoms with Crippen molar-refractivity contribution in [2.75, 3.05) is 6.61 Å². The second-order valence-electron chi connectivity index (χ2n) is 6.63. The van der Waals surface area contributed by atoms with Crippen LogP contribution in [-0.2, 0) is 26.9 Å². The van der Waals surface area contributed by atoms with Gasteiger partial charge in [-0.15, -0.1) is 0 Å². The normalized spacial score (nSPS) is 16.2. The van der Waals surface area contributed by atoms with Crippen molar-refractivity contribution in [1.82, 2.24) is 0 Å². The molecule has 2 unspecified atom stereocenters. The summed E-state index contributed by atoms with van der Waals surface area (Å²) < 4.78 is 22.8. The zero-order valence-electron chi connectivity index (χ0n) is 14.9. The van der Waals surface area contributed by atoms with E-state index >= 15 is 0 Å². The fourth-order valence-corrected chi connectivity index (χ4v) is 3.53. The molecular formula is C19H26NO4P. The summed E-state index contributed by atoms with van der Waals surface area (Å²) in [5.74, 6) is 0. The van der Waals surface area contributed by atoms with Gasteiger partial charge < -0.3 is 9.63 Å². The number of ether oxygens (including phenoxy) is 1. The van der Waals surface area contributed by atoms with Crippen LogP contribution in [0, 0.1) is 13.8 Å². The Hall–Kier alpha value is -1.49. The summed E-state index contributed by atoms with van der Waals surface area (Å²) in [7, 11) is -4.14. The predicted molar refractivity (Wildman–Crippen MR) is 99.2 cm³/mol. The van der Waals surface area contributed by atoms with Gasteiger partial charge in [0.05, 0.1) is 13.2 Å². The number of benzene rings is 2. The van der Waals surface area contributed by atoms with Crippen molar-refractivity contribution in [3.05, 3.63) is 70.8 Å². The molecule has 0 saturated heterocycles. The molecule has 5 nitrogen and oxygen atoms in total. The largest absolute Gasteiger partial charge is 0.400 e. The van der Waals surface area contributed by atoms with Crippen LogP contribution in [0.15, 0.2) is 48.5 Å². The lowest BCUT2D eigenvalue weighted by Crippen LogP contribution is -2.37. The molecule has 0 aromatic heterocycles. The van der Waals surface area contributed by atoms with E-state index in [1.54, 1.807) is 6.92 Å². The Morgan fingerprint density at radius 3 is 2.08 bits per heavy atom. The van der Waals surface area contributed by atoms with Crippen LogP contribution in [0.3, 0.4) is 0 Å². The molecule has 0 radical (unpaired) electrons. The van der Waals surface area contributed by atoms with Crippen LogP contribution < -0.4 is 5.50 Å². The average molecular weight is 363 g/mol. The van der Waals surface area contributed by atoms with E-state index in [1.165, 1.54) is 0 Å². The molecule has 0 saturated carbocycles. The number of nitrogens with two attached hydrogens (primary N) is 1. The number of aryl methyl sites for hydroxylation is 2. The maximum atomic E-state index is 11.6. The lowest BCUT2D eigenvalue weighted by atomic mass is 9.94. The standard InChI is InChI=1S/C19H26NO4P/c1-15-8-4-6-10-17(15)12-19(3,24-25(20,21)22)14-23-13-18-11-7-5-9-16(18)2/h4-11H,12-14H2,1-3H3,(H3,20,21,22). The van der Waals surface area contributed by atoms with Crippen molar-refractivity contribution in [1.29, 1.82) is 0 Å². The number of hydrogen-bond acceptors (Lipinski definition) is 3. The van der Waals surface area contributed by atoms with Gasteiger partial charge in [-0.3, -0.25) is 4.52 Å². The summed E-state index contributed by atoms with van der Waals surface area (Å²) in [6.07, 6.45) is 0.426. The number of hydrogen-bond donors (Lipinski definition) is 2. The summed E-state index contributed by atoms with van der Waals surface area (Å²) in [5.41, 5.74) is 8.56. The second kappa shape index (κ2) is 8.26. The zero-order valence-corrected chi connectivity index (χ0v) is 15.8. The molecule has 2 rings (SSSR count). The van der Waals surface area contributed by atoms with Crippen LogP contribution in [-0.4, -0.2) is 17.1 Å². The third-order valence-electron chi connectivity index (χ3n) is 4.10. The van der Waals surface area contributed by atoms with E-state index in [2.05, 4.69) is 0 Å². The first-order valence-corrected chi connectivity index (χ1v) is 9.82. The molecule has 0 aliphatic carbocycles. The van der Waals surface area contributed by atoms with Crippen molar-refractivity contribution in [3.63, 3.8) is 0 Å². The van der Waals surface area contributed by atoms with Gasteiger partial charge in [-0.1, -0.05) is 48.5 Å². The van der Waals surface area contributed by atoms with Gasteiger partial charge in [0.15, 0.2) is 0 Å². The molecule has 0 spiro atoms. The summed E-state index contributed by atoms with van der Waals surface area (Å²) in [5, 5.41) is 0. The molecule has 0 aliphatic rings. The Bertz CT molecular complexity index is 759. The van der Waals surface area contributed by atoms with E-state index in [1.807, 2.05) is 62.4 Å². The molecule has 25 heavy (non-hydrogen) atoms. The molecule has 2 atom stereocenters. The fraction of sp³-hybridized carbons (Fsp3) is 0.368. The zero-order chi connectivity index (χ0) is 18.5. The second-order valence-corrected chi connectivity index (χ2v) is 7.94. The smallest absolute Gasteiger partial charge is 0.374 e. The van der Waals surface area contributed by atoms with Gasteiger partial charge >= 0.3 is 7.75 Å². The Morgan fingerprint density at radius 1 is 1.04 bits per heavy atom. The Morgan fingerprint density at radius 2 is 1.56 bits per heavy atom. The third kappa shape index (κ3) is 6.38. The summed E-state index contributed by atoms with van der Waals surface area (Å²) in [6, 6.07) is 15.8. The van der Waals surface area contributed by atoms with Crippen LogP contribution in [0.2, 0.25) is 0 Å². The van der Waals surface area contributed by atoms with Gasteiger partial charge in [-0.25, -0.2) is 10.1 Å². The van der Waals surface area contributed by atoms with Crippen molar-refractivity contribution in [2.24, 2.45) is 5.50 Å². The van der Waals surface area contributed by atoms with E-state index in [4.69, 9.17) is 14.8 Å². The molecular weight excluding hydrogens is 337 g/mol. The minimum Gasteiger partial charge on any atom is -0.374 e. The van der Waals surface area contributed by atoms with Gasteiger partial charge in [0.1, 0.15) is 5.60 Å². The van der Waals surface area contributed by atoms with Crippen molar-refractivity contribution in [3.8, 4) is 0 Å². The van der Waals surface area contributed by atoms with Crippen LogP contribution >= 0.6 is 7.75 Å². The molecule has 136 valence electrons. The molecule has 2 aromatic carbocycles. The maximum Gasteiger partial charge on any atom is 0.400 e.